The molecular weight excluding hydrogens is 587 g/mol. The average molecular weight is 622 g/mol. The van der Waals surface area contributed by atoms with E-state index in [1.807, 2.05) is 11.3 Å². The first-order valence-electron chi connectivity index (χ1n) is 16.5. The monoisotopic (exact) mass is 621 g/mol. The van der Waals surface area contributed by atoms with Gasteiger partial charge >= 0.3 is 0 Å². The zero-order valence-electron chi connectivity index (χ0n) is 26.7. The van der Waals surface area contributed by atoms with E-state index in [-0.39, 0.29) is 5.41 Å². The van der Waals surface area contributed by atoms with Crippen LogP contribution in [0.1, 0.15) is 37.3 Å². The Morgan fingerprint density at radius 3 is 2.11 bits per heavy atom. The molecule has 226 valence electrons. The molecule has 2 aliphatic rings. The van der Waals surface area contributed by atoms with Crippen molar-refractivity contribution in [1.29, 1.82) is 0 Å². The minimum Gasteiger partial charge on any atom is -0.309 e. The Hall–Kier alpha value is -5.18. The number of rotatable bonds is 5. The molecule has 7 aromatic rings. The molecule has 1 atom stereocenters. The molecule has 0 spiro atoms. The molecule has 0 saturated heterocycles. The summed E-state index contributed by atoms with van der Waals surface area (Å²) in [6.07, 6.45) is 5.97. The maximum atomic E-state index is 2.50. The van der Waals surface area contributed by atoms with Crippen LogP contribution in [0.3, 0.4) is 0 Å². The fourth-order valence-electron chi connectivity index (χ4n) is 7.92. The summed E-state index contributed by atoms with van der Waals surface area (Å²) in [7, 11) is 0. The van der Waals surface area contributed by atoms with E-state index < -0.39 is 0 Å². The number of hydrogen-bond donors (Lipinski definition) is 0. The smallest absolute Gasteiger partial charge is 0.0640 e. The van der Waals surface area contributed by atoms with E-state index in [0.29, 0.717) is 5.92 Å². The Morgan fingerprint density at radius 1 is 0.617 bits per heavy atom. The molecule has 6 aromatic carbocycles. The molecule has 2 heteroatoms. The van der Waals surface area contributed by atoms with Gasteiger partial charge in [-0.05, 0) is 76.2 Å². The average Bonchev–Trinajstić information content (AvgIpc) is 3.62. The topological polar surface area (TPSA) is 3.24 Å². The Morgan fingerprint density at radius 2 is 1.28 bits per heavy atom. The lowest BCUT2D eigenvalue weighted by Crippen LogP contribution is -2.22. The van der Waals surface area contributed by atoms with Crippen LogP contribution >= 0.6 is 11.3 Å². The molecule has 0 bridgehead atoms. The van der Waals surface area contributed by atoms with E-state index in [9.17, 15) is 0 Å². The van der Waals surface area contributed by atoms with Crippen molar-refractivity contribution in [1.82, 2.24) is 0 Å². The number of benzene rings is 6. The molecule has 0 N–H and O–H groups in total. The van der Waals surface area contributed by atoms with E-state index in [4.69, 9.17) is 0 Å². The van der Waals surface area contributed by atoms with Crippen LogP contribution in [0.2, 0.25) is 0 Å². The molecule has 0 fully saturated rings. The molecule has 0 saturated carbocycles. The van der Waals surface area contributed by atoms with Gasteiger partial charge < -0.3 is 4.90 Å². The summed E-state index contributed by atoms with van der Waals surface area (Å²) in [5, 5.41) is 2.64. The number of anilines is 2. The quantitative estimate of drug-likeness (QED) is 0.185. The van der Waals surface area contributed by atoms with Crippen LogP contribution in [-0.2, 0) is 5.41 Å². The summed E-state index contributed by atoms with van der Waals surface area (Å²) < 4.78 is 2.65. The Bertz CT molecular complexity index is 2350. The third-order valence-electron chi connectivity index (χ3n) is 10.3. The number of fused-ring (bicyclic) bond motifs is 6. The normalized spacial score (nSPS) is 16.4. The van der Waals surface area contributed by atoms with E-state index in [1.165, 1.54) is 76.2 Å². The van der Waals surface area contributed by atoms with E-state index in [1.54, 1.807) is 0 Å². The molecule has 47 heavy (non-hydrogen) atoms. The zero-order chi connectivity index (χ0) is 31.5. The fourth-order valence-corrected chi connectivity index (χ4v) is 9.13. The van der Waals surface area contributed by atoms with Crippen molar-refractivity contribution in [2.24, 2.45) is 0 Å². The van der Waals surface area contributed by atoms with E-state index >= 15 is 0 Å². The highest BCUT2D eigenvalue weighted by Crippen LogP contribution is 2.54. The Kier molecular flexibility index (Phi) is 6.55. The first-order valence-corrected chi connectivity index (χ1v) is 17.4. The highest BCUT2D eigenvalue weighted by atomic mass is 32.1. The molecule has 1 aromatic heterocycles. The molecule has 2 aliphatic carbocycles. The molecule has 9 rings (SSSR count). The lowest BCUT2D eigenvalue weighted by Gasteiger charge is -2.33. The fraction of sp³-hybridized carbons (Fsp3) is 0.111. The van der Waals surface area contributed by atoms with Crippen LogP contribution in [0.5, 0.6) is 0 Å². The SMILES string of the molecule is CC1(C)C2=CC(N(c3ccc(-c4cccc(-c5ccccc5)c4)cc3)c3cccc4c3sc3ccccc34)=CCC2c2ccccc21. The number of hydrogen-bond acceptors (Lipinski definition) is 2. The van der Waals surface area contributed by atoms with Gasteiger partial charge in [0.05, 0.1) is 10.4 Å². The first-order chi connectivity index (χ1) is 23.1. The van der Waals surface area contributed by atoms with Gasteiger partial charge in [0.2, 0.25) is 0 Å². The van der Waals surface area contributed by atoms with Crippen LogP contribution < -0.4 is 4.90 Å². The third-order valence-corrected chi connectivity index (χ3v) is 11.5. The molecule has 0 radical (unpaired) electrons. The predicted octanol–water partition coefficient (Wildman–Crippen LogP) is 12.8. The van der Waals surface area contributed by atoms with Gasteiger partial charge in [0, 0.05) is 38.2 Å². The number of nitrogens with zero attached hydrogens (tertiary/aromatic N) is 1. The maximum absolute atomic E-state index is 2.50. The molecular formula is C45H35NS. The summed E-state index contributed by atoms with van der Waals surface area (Å²) in [5.74, 6) is 0.436. The van der Waals surface area contributed by atoms with Crippen molar-refractivity contribution >= 4 is 42.9 Å². The standard InChI is InChI=1S/C45H35NS/c1-45(2)40-19-8-6-16-36(40)37-27-26-35(29-41(37)45)46(42-20-11-18-39-38-17-7-9-21-43(38)47-44(39)42)34-24-22-31(23-25-34)33-15-10-14-32(28-33)30-12-4-3-5-13-30/h3-26,28-29,37H,27H2,1-2H3. The van der Waals surface area contributed by atoms with Gasteiger partial charge in [0.1, 0.15) is 0 Å². The largest absolute Gasteiger partial charge is 0.309 e. The predicted molar refractivity (Wildman–Crippen MR) is 202 cm³/mol. The van der Waals surface area contributed by atoms with E-state index in [0.717, 1.165) is 6.42 Å². The van der Waals surface area contributed by atoms with Gasteiger partial charge in [-0.3, -0.25) is 0 Å². The van der Waals surface area contributed by atoms with Gasteiger partial charge in [-0.2, -0.15) is 0 Å². The summed E-state index contributed by atoms with van der Waals surface area (Å²) in [4.78, 5) is 2.50. The molecule has 1 heterocycles. The second-order valence-corrected chi connectivity index (χ2v) is 14.4. The van der Waals surface area contributed by atoms with Crippen LogP contribution in [0, 0.1) is 0 Å². The van der Waals surface area contributed by atoms with Crippen LogP contribution in [0.25, 0.3) is 42.4 Å². The molecule has 1 nitrogen and oxygen atoms in total. The second-order valence-electron chi connectivity index (χ2n) is 13.3. The van der Waals surface area contributed by atoms with Crippen LogP contribution in [0.15, 0.2) is 169 Å². The summed E-state index contributed by atoms with van der Waals surface area (Å²) >= 11 is 1.89. The van der Waals surface area contributed by atoms with Crippen LogP contribution in [0.4, 0.5) is 11.4 Å². The van der Waals surface area contributed by atoms with Crippen LogP contribution in [-0.4, -0.2) is 0 Å². The number of allylic oxidation sites excluding steroid dienone is 3. The summed E-state index contributed by atoms with van der Waals surface area (Å²) in [5.41, 5.74) is 13.0. The minimum atomic E-state index is -0.0102. The highest BCUT2D eigenvalue weighted by Gasteiger charge is 2.42. The molecule has 1 unspecified atom stereocenters. The van der Waals surface area contributed by atoms with E-state index in [2.05, 4.69) is 176 Å². The summed E-state index contributed by atoms with van der Waals surface area (Å²) in [6.45, 7) is 4.80. The maximum Gasteiger partial charge on any atom is 0.0640 e. The lowest BCUT2D eigenvalue weighted by molar-refractivity contribution is 0.609. The van der Waals surface area contributed by atoms with Crippen molar-refractivity contribution in [2.45, 2.75) is 31.6 Å². The first kappa shape index (κ1) is 28.1. The van der Waals surface area contributed by atoms with Crippen molar-refractivity contribution < 1.29 is 0 Å². The van der Waals surface area contributed by atoms with Gasteiger partial charge in [-0.1, -0.05) is 141 Å². The minimum absolute atomic E-state index is 0.0102. The van der Waals surface area contributed by atoms with Crippen molar-refractivity contribution in [2.75, 3.05) is 4.90 Å². The van der Waals surface area contributed by atoms with Gasteiger partial charge in [-0.25, -0.2) is 0 Å². The lowest BCUT2D eigenvalue weighted by atomic mass is 9.78. The second kappa shape index (κ2) is 11.0. The van der Waals surface area contributed by atoms with Gasteiger partial charge in [-0.15, -0.1) is 11.3 Å². The van der Waals surface area contributed by atoms with Crippen molar-refractivity contribution in [3.8, 4) is 22.3 Å². The van der Waals surface area contributed by atoms with Gasteiger partial charge in [0.15, 0.2) is 0 Å². The molecule has 0 aliphatic heterocycles. The summed E-state index contributed by atoms with van der Waals surface area (Å²) in [6, 6.07) is 53.3. The zero-order valence-corrected chi connectivity index (χ0v) is 27.5. The Balaban J connectivity index is 1.18. The van der Waals surface area contributed by atoms with Crippen molar-refractivity contribution in [3.63, 3.8) is 0 Å². The number of thiophene rings is 1. The Labute approximate surface area is 280 Å². The van der Waals surface area contributed by atoms with Gasteiger partial charge in [0.25, 0.3) is 0 Å². The third kappa shape index (κ3) is 4.59. The molecule has 0 amide bonds. The van der Waals surface area contributed by atoms with Crippen molar-refractivity contribution in [3.05, 3.63) is 180 Å². The highest BCUT2D eigenvalue weighted by molar-refractivity contribution is 7.26.